The van der Waals surface area contributed by atoms with E-state index in [-0.39, 0.29) is 31.5 Å². The molecule has 29 heavy (non-hydrogen) atoms. The molecule has 2 amide bonds. The summed E-state index contributed by atoms with van der Waals surface area (Å²) in [5.74, 6) is 1.06. The van der Waals surface area contributed by atoms with Crippen LogP contribution in [0.4, 0.5) is 0 Å². The number of carbonyl (C=O) groups is 2. The van der Waals surface area contributed by atoms with Crippen LogP contribution in [0.5, 0.6) is 5.75 Å². The summed E-state index contributed by atoms with van der Waals surface area (Å²) in [6.45, 7) is 5.56. The van der Waals surface area contributed by atoms with Gasteiger partial charge in [0.1, 0.15) is 18.1 Å². The number of aromatic nitrogens is 2. The number of nitrogens with one attached hydrogen (secondary N) is 1. The zero-order chi connectivity index (χ0) is 20.6. The van der Waals surface area contributed by atoms with Crippen molar-refractivity contribution in [3.63, 3.8) is 0 Å². The molecule has 0 unspecified atom stereocenters. The van der Waals surface area contributed by atoms with Gasteiger partial charge in [0, 0.05) is 13.1 Å². The summed E-state index contributed by atoms with van der Waals surface area (Å²) in [6.07, 6.45) is 0. The van der Waals surface area contributed by atoms with Crippen molar-refractivity contribution in [3.8, 4) is 5.75 Å². The Balaban J connectivity index is 1.69. The van der Waals surface area contributed by atoms with E-state index in [4.69, 9.17) is 4.74 Å². The van der Waals surface area contributed by atoms with Crippen LogP contribution in [0.1, 0.15) is 19.7 Å². The molecule has 152 valence electrons. The maximum absolute atomic E-state index is 12.6. The van der Waals surface area contributed by atoms with Crippen molar-refractivity contribution in [2.75, 3.05) is 19.7 Å². The quantitative estimate of drug-likeness (QED) is 0.605. The third-order valence-corrected chi connectivity index (χ3v) is 4.70. The first-order valence-electron chi connectivity index (χ1n) is 9.78. The summed E-state index contributed by atoms with van der Waals surface area (Å²) in [5.41, 5.74) is 1.67. The molecule has 7 nitrogen and oxygen atoms in total. The minimum absolute atomic E-state index is 0.0261. The number of para-hydroxylation sites is 3. The van der Waals surface area contributed by atoms with E-state index in [2.05, 4.69) is 10.3 Å². The molecule has 1 N–H and O–H groups in total. The van der Waals surface area contributed by atoms with Crippen LogP contribution in [0.15, 0.2) is 54.6 Å². The molecule has 0 aliphatic carbocycles. The molecule has 0 fully saturated rings. The van der Waals surface area contributed by atoms with E-state index in [9.17, 15) is 9.59 Å². The van der Waals surface area contributed by atoms with Gasteiger partial charge in [-0.2, -0.15) is 0 Å². The Hall–Kier alpha value is -3.35. The predicted octanol–water partition coefficient (Wildman–Crippen LogP) is 2.60. The average Bonchev–Trinajstić information content (AvgIpc) is 3.10. The lowest BCUT2D eigenvalue weighted by Gasteiger charge is -2.20. The molecule has 3 rings (SSSR count). The molecule has 1 aromatic heterocycles. The molecular weight excluding hydrogens is 368 g/mol. The lowest BCUT2D eigenvalue weighted by molar-refractivity contribution is -0.131. The highest BCUT2D eigenvalue weighted by Gasteiger charge is 2.17. The number of nitrogens with zero attached hydrogens (tertiary/aromatic N) is 3. The first-order chi connectivity index (χ1) is 14.1. The highest BCUT2D eigenvalue weighted by Crippen LogP contribution is 2.16. The highest BCUT2D eigenvalue weighted by molar-refractivity contribution is 5.81. The average molecular weight is 394 g/mol. The topological polar surface area (TPSA) is 76.5 Å². The summed E-state index contributed by atoms with van der Waals surface area (Å²) >= 11 is 0. The molecule has 3 aromatic rings. The van der Waals surface area contributed by atoms with Gasteiger partial charge in [-0.05, 0) is 38.1 Å². The van der Waals surface area contributed by atoms with Gasteiger partial charge in [-0.25, -0.2) is 4.98 Å². The molecule has 7 heteroatoms. The van der Waals surface area contributed by atoms with Crippen molar-refractivity contribution in [1.82, 2.24) is 19.8 Å². The number of carbonyl (C=O) groups excluding carboxylic acids is 2. The lowest BCUT2D eigenvalue weighted by Crippen LogP contribution is -2.34. The Labute approximate surface area is 170 Å². The summed E-state index contributed by atoms with van der Waals surface area (Å²) in [4.78, 5) is 31.2. The summed E-state index contributed by atoms with van der Waals surface area (Å²) in [6, 6.07) is 16.8. The Bertz CT molecular complexity index is 965. The van der Waals surface area contributed by atoms with Crippen LogP contribution in [-0.2, 0) is 22.7 Å². The number of imidazole rings is 1. The number of hydrogen-bond donors (Lipinski definition) is 1. The third-order valence-electron chi connectivity index (χ3n) is 4.70. The van der Waals surface area contributed by atoms with Crippen LogP contribution >= 0.6 is 0 Å². The van der Waals surface area contributed by atoms with Crippen molar-refractivity contribution in [2.45, 2.75) is 26.9 Å². The van der Waals surface area contributed by atoms with Crippen LogP contribution in [0.25, 0.3) is 11.0 Å². The summed E-state index contributed by atoms with van der Waals surface area (Å²) < 4.78 is 7.34. The van der Waals surface area contributed by atoms with Gasteiger partial charge in [0.25, 0.3) is 5.91 Å². The van der Waals surface area contributed by atoms with Gasteiger partial charge >= 0.3 is 0 Å². The van der Waals surface area contributed by atoms with E-state index in [0.29, 0.717) is 24.7 Å². The van der Waals surface area contributed by atoms with Crippen molar-refractivity contribution >= 4 is 22.8 Å². The van der Waals surface area contributed by atoms with Crippen molar-refractivity contribution < 1.29 is 14.3 Å². The molecule has 0 spiro atoms. The maximum atomic E-state index is 12.6. The smallest absolute Gasteiger partial charge is 0.258 e. The van der Waals surface area contributed by atoms with Gasteiger partial charge in [0.05, 0.1) is 17.6 Å². The van der Waals surface area contributed by atoms with E-state index in [1.165, 1.54) is 0 Å². The fraction of sp³-hybridized carbons (Fsp3) is 0.318. The molecule has 0 atom stereocenters. The van der Waals surface area contributed by atoms with Crippen LogP contribution in [0, 0.1) is 0 Å². The van der Waals surface area contributed by atoms with Gasteiger partial charge in [0.15, 0.2) is 6.61 Å². The van der Waals surface area contributed by atoms with Gasteiger partial charge in [-0.3, -0.25) is 9.59 Å². The second-order valence-electron chi connectivity index (χ2n) is 6.55. The van der Waals surface area contributed by atoms with Crippen molar-refractivity contribution in [2.24, 2.45) is 0 Å². The van der Waals surface area contributed by atoms with Gasteiger partial charge in [-0.15, -0.1) is 0 Å². The van der Waals surface area contributed by atoms with E-state index in [0.717, 1.165) is 11.0 Å². The first-order valence-corrected chi connectivity index (χ1v) is 9.78. The molecule has 2 aromatic carbocycles. The van der Waals surface area contributed by atoms with E-state index in [1.807, 2.05) is 60.9 Å². The monoisotopic (exact) mass is 394 g/mol. The molecule has 0 radical (unpaired) electrons. The van der Waals surface area contributed by atoms with Crippen LogP contribution in [-0.4, -0.2) is 46.0 Å². The normalized spacial score (nSPS) is 10.7. The zero-order valence-corrected chi connectivity index (χ0v) is 16.8. The number of hydrogen-bond acceptors (Lipinski definition) is 4. The van der Waals surface area contributed by atoms with Crippen LogP contribution in [0.3, 0.4) is 0 Å². The molecule has 1 heterocycles. The number of ether oxygens (including phenoxy) is 1. The van der Waals surface area contributed by atoms with E-state index in [1.54, 1.807) is 17.0 Å². The van der Waals surface area contributed by atoms with Crippen molar-refractivity contribution in [1.29, 1.82) is 0 Å². The Morgan fingerprint density at radius 3 is 2.45 bits per heavy atom. The molecule has 0 aliphatic rings. The van der Waals surface area contributed by atoms with E-state index < -0.39 is 0 Å². The number of fused-ring (bicyclic) bond motifs is 1. The Morgan fingerprint density at radius 1 is 1.03 bits per heavy atom. The van der Waals surface area contributed by atoms with Gasteiger partial charge in [0.2, 0.25) is 5.91 Å². The second-order valence-corrected chi connectivity index (χ2v) is 6.55. The van der Waals surface area contributed by atoms with Crippen LogP contribution < -0.4 is 10.1 Å². The number of likely N-dealkylation sites (N-methyl/N-ethyl adjacent to an activating group) is 1. The highest BCUT2D eigenvalue weighted by atomic mass is 16.5. The largest absolute Gasteiger partial charge is 0.484 e. The van der Waals surface area contributed by atoms with Crippen molar-refractivity contribution in [3.05, 3.63) is 60.4 Å². The summed E-state index contributed by atoms with van der Waals surface area (Å²) in [5, 5.41) is 2.83. The second kappa shape index (κ2) is 9.73. The number of amides is 2. The fourth-order valence-corrected chi connectivity index (χ4v) is 3.14. The van der Waals surface area contributed by atoms with E-state index >= 15 is 0 Å². The minimum atomic E-state index is -0.248. The minimum Gasteiger partial charge on any atom is -0.484 e. The van der Waals surface area contributed by atoms with Gasteiger partial charge < -0.3 is 19.5 Å². The third kappa shape index (κ3) is 5.13. The van der Waals surface area contributed by atoms with Crippen LogP contribution in [0.2, 0.25) is 0 Å². The Morgan fingerprint density at radius 2 is 1.72 bits per heavy atom. The summed E-state index contributed by atoms with van der Waals surface area (Å²) in [7, 11) is 0. The SMILES string of the molecule is CCN(CC)C(=O)Cn1c(CNC(=O)COc2ccccc2)nc2ccccc21. The fourth-order valence-electron chi connectivity index (χ4n) is 3.14. The maximum Gasteiger partial charge on any atom is 0.258 e. The molecule has 0 aliphatic heterocycles. The standard InChI is InChI=1S/C22H26N4O3/c1-3-25(4-2)22(28)15-26-19-13-9-8-12-18(19)24-20(26)14-23-21(27)16-29-17-10-6-5-7-11-17/h5-13H,3-4,14-16H2,1-2H3,(H,23,27). The number of rotatable bonds is 9. The lowest BCUT2D eigenvalue weighted by atomic mass is 10.3. The number of benzene rings is 2. The molecule has 0 saturated heterocycles. The zero-order valence-electron chi connectivity index (χ0n) is 16.8. The predicted molar refractivity (Wildman–Crippen MR) is 111 cm³/mol. The molecule has 0 saturated carbocycles. The molecule has 0 bridgehead atoms. The van der Waals surface area contributed by atoms with Gasteiger partial charge in [-0.1, -0.05) is 30.3 Å². The Kier molecular flexibility index (Phi) is 6.84. The molecular formula is C22H26N4O3. The first kappa shape index (κ1) is 20.4.